The number of nitrogens with zero attached hydrogens (tertiary/aromatic N) is 1. The zero-order valence-electron chi connectivity index (χ0n) is 12.6. The van der Waals surface area contributed by atoms with E-state index in [9.17, 15) is 14.4 Å². The quantitative estimate of drug-likeness (QED) is 0.656. The highest BCUT2D eigenvalue weighted by molar-refractivity contribution is 6.23. The van der Waals surface area contributed by atoms with Gasteiger partial charge in [-0.25, -0.2) is 4.90 Å². The van der Waals surface area contributed by atoms with E-state index in [1.54, 1.807) is 24.3 Å². The van der Waals surface area contributed by atoms with E-state index in [0.717, 1.165) is 0 Å². The molecule has 3 amide bonds. The maximum Gasteiger partial charge on any atom is 0.241 e. The van der Waals surface area contributed by atoms with Crippen molar-refractivity contribution in [1.82, 2.24) is 5.32 Å². The van der Waals surface area contributed by atoms with Crippen molar-refractivity contribution in [2.45, 2.75) is 18.6 Å². The second kappa shape index (κ2) is 4.76. The van der Waals surface area contributed by atoms with Crippen LogP contribution in [0.4, 0.5) is 5.69 Å². The lowest BCUT2D eigenvalue weighted by Gasteiger charge is -2.28. The van der Waals surface area contributed by atoms with Crippen molar-refractivity contribution >= 4 is 23.4 Å². The number of hydrogen-bond donors (Lipinski definition) is 1. The molecule has 0 saturated carbocycles. The van der Waals surface area contributed by atoms with Crippen LogP contribution < -0.4 is 10.2 Å². The summed E-state index contributed by atoms with van der Waals surface area (Å²) < 4.78 is 5.91. The predicted molar refractivity (Wildman–Crippen MR) is 81.3 cm³/mol. The summed E-state index contributed by atoms with van der Waals surface area (Å²) in [6.07, 6.45) is 3.23. The second-order valence-corrected chi connectivity index (χ2v) is 6.16. The monoisotopic (exact) mass is 312 g/mol. The molecule has 6 nitrogen and oxygen atoms in total. The van der Waals surface area contributed by atoms with Gasteiger partial charge in [-0.2, -0.15) is 0 Å². The molecule has 3 heterocycles. The molecule has 1 aromatic carbocycles. The average Bonchev–Trinajstić information content (AvgIpc) is 3.17. The van der Waals surface area contributed by atoms with E-state index in [2.05, 4.69) is 5.32 Å². The number of para-hydroxylation sites is 1. The molecule has 3 aliphatic rings. The van der Waals surface area contributed by atoms with Crippen LogP contribution in [0, 0.1) is 11.8 Å². The summed E-state index contributed by atoms with van der Waals surface area (Å²) in [6, 6.07) is 8.91. The highest BCUT2D eigenvalue weighted by atomic mass is 16.5. The van der Waals surface area contributed by atoms with E-state index >= 15 is 0 Å². The third-order valence-electron chi connectivity index (χ3n) is 4.78. The van der Waals surface area contributed by atoms with Crippen molar-refractivity contribution in [3.05, 3.63) is 42.5 Å². The minimum atomic E-state index is -0.919. The predicted octanol–water partition coefficient (Wildman–Crippen LogP) is 0.636. The number of ether oxygens (including phenoxy) is 1. The van der Waals surface area contributed by atoms with Crippen molar-refractivity contribution in [2.75, 3.05) is 11.4 Å². The van der Waals surface area contributed by atoms with Gasteiger partial charge in [0.05, 0.1) is 30.2 Å². The lowest BCUT2D eigenvalue weighted by atomic mass is 9.77. The highest BCUT2D eigenvalue weighted by Gasteiger charge is 2.67. The fourth-order valence-corrected chi connectivity index (χ4v) is 3.80. The molecule has 3 aliphatic heterocycles. The first-order valence-corrected chi connectivity index (χ1v) is 7.58. The molecule has 1 aromatic rings. The molecule has 1 N–H and O–H groups in total. The minimum absolute atomic E-state index is 0.193. The van der Waals surface area contributed by atoms with Crippen molar-refractivity contribution in [3.8, 4) is 0 Å². The number of fused-ring (bicyclic) bond motifs is 5. The zero-order valence-corrected chi connectivity index (χ0v) is 12.6. The molecule has 4 rings (SSSR count). The average molecular weight is 312 g/mol. The van der Waals surface area contributed by atoms with Gasteiger partial charge in [0, 0.05) is 6.92 Å². The summed E-state index contributed by atoms with van der Waals surface area (Å²) in [6.45, 7) is 1.61. The Balaban J connectivity index is 1.70. The van der Waals surface area contributed by atoms with Crippen LogP contribution in [-0.2, 0) is 19.1 Å². The summed E-state index contributed by atoms with van der Waals surface area (Å²) in [7, 11) is 0. The molecule has 0 spiro atoms. The van der Waals surface area contributed by atoms with Crippen molar-refractivity contribution < 1.29 is 19.1 Å². The fourth-order valence-electron chi connectivity index (χ4n) is 3.80. The van der Waals surface area contributed by atoms with Gasteiger partial charge in [-0.15, -0.1) is 0 Å². The lowest BCUT2D eigenvalue weighted by molar-refractivity contribution is -0.128. The van der Waals surface area contributed by atoms with Crippen LogP contribution in [-0.4, -0.2) is 36.0 Å². The van der Waals surface area contributed by atoms with Crippen LogP contribution in [0.2, 0.25) is 0 Å². The Morgan fingerprint density at radius 2 is 2.00 bits per heavy atom. The van der Waals surface area contributed by atoms with Gasteiger partial charge in [-0.05, 0) is 12.1 Å². The van der Waals surface area contributed by atoms with Gasteiger partial charge < -0.3 is 10.1 Å². The number of rotatable bonds is 3. The van der Waals surface area contributed by atoms with Gasteiger partial charge in [-0.1, -0.05) is 30.4 Å². The first-order chi connectivity index (χ1) is 11.0. The standard InChI is InChI=1S/C17H16N2O4/c1-10(20)18-9-17-8-7-12(23-17)13-14(17)16(22)19(15(13)21)11-5-3-2-4-6-11/h2-8,12-14H,9H2,1H3,(H,18,20)/t12-,13-,14+,17-/m1/s1. The van der Waals surface area contributed by atoms with Gasteiger partial charge in [0.2, 0.25) is 17.7 Å². The van der Waals surface area contributed by atoms with Crippen LogP contribution in [0.3, 0.4) is 0 Å². The first-order valence-electron chi connectivity index (χ1n) is 7.58. The van der Waals surface area contributed by atoms with E-state index in [0.29, 0.717) is 5.69 Å². The summed E-state index contributed by atoms with van der Waals surface area (Å²) in [5.41, 5.74) is -0.344. The van der Waals surface area contributed by atoms with Crippen molar-refractivity contribution in [3.63, 3.8) is 0 Å². The molecule has 2 saturated heterocycles. The molecule has 0 aromatic heterocycles. The smallest absolute Gasteiger partial charge is 0.241 e. The molecular weight excluding hydrogens is 296 g/mol. The third-order valence-corrected chi connectivity index (χ3v) is 4.78. The topological polar surface area (TPSA) is 75.7 Å². The number of imide groups is 1. The number of benzene rings is 1. The zero-order chi connectivity index (χ0) is 16.2. The number of carbonyl (C=O) groups excluding carboxylic acids is 3. The maximum absolute atomic E-state index is 12.9. The van der Waals surface area contributed by atoms with Gasteiger partial charge in [0.25, 0.3) is 0 Å². The molecule has 4 atom stereocenters. The third kappa shape index (κ3) is 1.88. The number of carbonyl (C=O) groups is 3. The normalized spacial score (nSPS) is 34.1. The van der Waals surface area contributed by atoms with Crippen LogP contribution in [0.25, 0.3) is 0 Å². The van der Waals surface area contributed by atoms with E-state index in [1.807, 2.05) is 18.2 Å². The minimum Gasteiger partial charge on any atom is -0.360 e. The molecular formula is C17H16N2O4. The summed E-state index contributed by atoms with van der Waals surface area (Å²) in [4.78, 5) is 38.2. The molecule has 2 fully saturated rings. The Bertz CT molecular complexity index is 729. The highest BCUT2D eigenvalue weighted by Crippen LogP contribution is 2.52. The SMILES string of the molecule is CC(=O)NC[C@@]12C=C[C@@H](O1)[C@H]1C(=O)N(c3ccccc3)C(=O)[C@H]12. The van der Waals surface area contributed by atoms with Gasteiger partial charge >= 0.3 is 0 Å². The Morgan fingerprint density at radius 1 is 1.26 bits per heavy atom. The second-order valence-electron chi connectivity index (χ2n) is 6.16. The molecule has 23 heavy (non-hydrogen) atoms. The summed E-state index contributed by atoms with van der Waals surface area (Å²) in [5, 5.41) is 2.71. The van der Waals surface area contributed by atoms with Crippen LogP contribution >= 0.6 is 0 Å². The summed E-state index contributed by atoms with van der Waals surface area (Å²) in [5.74, 6) is -1.79. The Kier molecular flexibility index (Phi) is 2.93. The first kappa shape index (κ1) is 14.1. The molecule has 0 radical (unpaired) electrons. The number of amides is 3. The summed E-state index contributed by atoms with van der Waals surface area (Å²) >= 11 is 0. The number of hydrogen-bond acceptors (Lipinski definition) is 4. The van der Waals surface area contributed by atoms with Crippen LogP contribution in [0.15, 0.2) is 42.5 Å². The van der Waals surface area contributed by atoms with Gasteiger partial charge in [-0.3, -0.25) is 14.4 Å². The molecule has 118 valence electrons. The van der Waals surface area contributed by atoms with Gasteiger partial charge in [0.15, 0.2) is 0 Å². The number of nitrogens with one attached hydrogen (secondary N) is 1. The maximum atomic E-state index is 12.9. The largest absolute Gasteiger partial charge is 0.360 e. The van der Waals surface area contributed by atoms with E-state index in [4.69, 9.17) is 4.74 Å². The molecule has 6 heteroatoms. The van der Waals surface area contributed by atoms with E-state index in [-0.39, 0.29) is 24.3 Å². The Morgan fingerprint density at radius 3 is 2.70 bits per heavy atom. The molecule has 2 bridgehead atoms. The fraction of sp³-hybridized carbons (Fsp3) is 0.353. The molecule has 0 aliphatic carbocycles. The molecule has 0 unspecified atom stereocenters. The van der Waals surface area contributed by atoms with Crippen molar-refractivity contribution in [1.29, 1.82) is 0 Å². The van der Waals surface area contributed by atoms with Gasteiger partial charge in [0.1, 0.15) is 5.60 Å². The lowest BCUT2D eigenvalue weighted by Crippen LogP contribution is -2.48. The Hall–Kier alpha value is -2.47. The van der Waals surface area contributed by atoms with Crippen LogP contribution in [0.1, 0.15) is 6.92 Å². The number of anilines is 1. The Labute approximate surface area is 133 Å². The van der Waals surface area contributed by atoms with Crippen LogP contribution in [0.5, 0.6) is 0 Å². The van der Waals surface area contributed by atoms with E-state index < -0.39 is 23.5 Å². The van der Waals surface area contributed by atoms with E-state index in [1.165, 1.54) is 11.8 Å². The van der Waals surface area contributed by atoms with Crippen molar-refractivity contribution in [2.24, 2.45) is 11.8 Å².